The number of piperidine rings is 1. The highest BCUT2D eigenvalue weighted by atomic mass is 16.5. The topological polar surface area (TPSA) is 73.8 Å². The van der Waals surface area contributed by atoms with Gasteiger partial charge in [0.05, 0.1) is 26.3 Å². The predicted molar refractivity (Wildman–Crippen MR) is 91.1 cm³/mol. The zero-order valence-corrected chi connectivity index (χ0v) is 14.3. The zero-order chi connectivity index (χ0) is 17.6. The van der Waals surface area contributed by atoms with Crippen molar-refractivity contribution in [2.45, 2.75) is 18.9 Å². The lowest BCUT2D eigenvalue weighted by atomic mass is 10.1. The average Bonchev–Trinajstić information content (AvgIpc) is 2.67. The van der Waals surface area contributed by atoms with E-state index in [0.29, 0.717) is 36.2 Å². The van der Waals surface area contributed by atoms with E-state index in [9.17, 15) is 4.79 Å². The molecule has 7 heteroatoms. The summed E-state index contributed by atoms with van der Waals surface area (Å²) in [6.07, 6.45) is 4.86. The minimum absolute atomic E-state index is 0.0990. The number of para-hydroxylation sites is 1. The van der Waals surface area contributed by atoms with Gasteiger partial charge >= 0.3 is 6.01 Å². The van der Waals surface area contributed by atoms with Gasteiger partial charge in [0.15, 0.2) is 11.5 Å². The number of hydrogen-bond acceptors (Lipinski definition) is 6. The Morgan fingerprint density at radius 1 is 1.16 bits per heavy atom. The molecular weight excluding hydrogens is 322 g/mol. The van der Waals surface area contributed by atoms with Crippen molar-refractivity contribution in [3.8, 4) is 17.5 Å². The summed E-state index contributed by atoms with van der Waals surface area (Å²) >= 11 is 0. The fourth-order valence-electron chi connectivity index (χ4n) is 2.94. The van der Waals surface area contributed by atoms with Gasteiger partial charge in [0, 0.05) is 18.9 Å². The summed E-state index contributed by atoms with van der Waals surface area (Å²) < 4.78 is 16.5. The molecule has 1 atom stereocenters. The molecule has 0 unspecified atom stereocenters. The van der Waals surface area contributed by atoms with Crippen molar-refractivity contribution < 1.29 is 19.0 Å². The molecule has 2 aromatic rings. The molecule has 3 rings (SSSR count). The quantitative estimate of drug-likeness (QED) is 0.828. The standard InChI is InChI=1S/C18H21N3O4/c1-23-15-8-3-7-14(16(15)24-2)17(22)21-11-4-6-13(12-21)25-18-19-9-5-10-20-18/h3,5,7-10,13H,4,6,11-12H2,1-2H3/t13-/m1/s1. The van der Waals surface area contributed by atoms with E-state index < -0.39 is 0 Å². The van der Waals surface area contributed by atoms with Crippen molar-refractivity contribution >= 4 is 5.91 Å². The van der Waals surface area contributed by atoms with Gasteiger partial charge in [-0.05, 0) is 31.0 Å². The smallest absolute Gasteiger partial charge is 0.316 e. The molecule has 25 heavy (non-hydrogen) atoms. The van der Waals surface area contributed by atoms with E-state index >= 15 is 0 Å². The molecule has 0 aliphatic carbocycles. The summed E-state index contributed by atoms with van der Waals surface area (Å²) in [5, 5.41) is 0. The number of rotatable bonds is 5. The molecule has 1 aromatic heterocycles. The van der Waals surface area contributed by atoms with Gasteiger partial charge < -0.3 is 19.1 Å². The third kappa shape index (κ3) is 3.81. The van der Waals surface area contributed by atoms with E-state index in [1.165, 1.54) is 7.11 Å². The summed E-state index contributed by atoms with van der Waals surface area (Å²) in [5.41, 5.74) is 0.485. The lowest BCUT2D eigenvalue weighted by molar-refractivity contribution is 0.0512. The molecule has 0 bridgehead atoms. The van der Waals surface area contributed by atoms with Gasteiger partial charge in [0.1, 0.15) is 6.10 Å². The SMILES string of the molecule is COc1cccc(C(=O)N2CCC[C@@H](Oc3ncccn3)C2)c1OC. The number of amides is 1. The normalized spacial score (nSPS) is 17.0. The van der Waals surface area contributed by atoms with Crippen LogP contribution < -0.4 is 14.2 Å². The molecule has 0 saturated carbocycles. The Balaban J connectivity index is 1.74. The monoisotopic (exact) mass is 343 g/mol. The van der Waals surface area contributed by atoms with Crippen LogP contribution in [0.5, 0.6) is 17.5 Å². The Labute approximate surface area is 146 Å². The van der Waals surface area contributed by atoms with Crippen LogP contribution in [-0.4, -0.2) is 54.2 Å². The first-order valence-electron chi connectivity index (χ1n) is 8.17. The number of nitrogens with zero attached hydrogens (tertiary/aromatic N) is 3. The molecule has 1 aliphatic heterocycles. The molecule has 0 N–H and O–H groups in total. The Bertz CT molecular complexity index is 724. The van der Waals surface area contributed by atoms with E-state index in [1.54, 1.807) is 48.7 Å². The molecule has 132 valence electrons. The highest BCUT2D eigenvalue weighted by Gasteiger charge is 2.28. The van der Waals surface area contributed by atoms with Crippen molar-refractivity contribution in [3.05, 3.63) is 42.2 Å². The number of ether oxygens (including phenoxy) is 3. The fraction of sp³-hybridized carbons (Fsp3) is 0.389. The van der Waals surface area contributed by atoms with E-state index in [-0.39, 0.29) is 12.0 Å². The van der Waals surface area contributed by atoms with Gasteiger partial charge in [-0.15, -0.1) is 0 Å². The first kappa shape index (κ1) is 17.0. The van der Waals surface area contributed by atoms with Crippen molar-refractivity contribution in [3.63, 3.8) is 0 Å². The largest absolute Gasteiger partial charge is 0.493 e. The van der Waals surface area contributed by atoms with Gasteiger partial charge in [0.25, 0.3) is 5.91 Å². The van der Waals surface area contributed by atoms with Gasteiger partial charge in [-0.25, -0.2) is 9.97 Å². The van der Waals surface area contributed by atoms with Crippen molar-refractivity contribution in [1.82, 2.24) is 14.9 Å². The molecule has 0 spiro atoms. The van der Waals surface area contributed by atoms with Gasteiger partial charge in [0.2, 0.25) is 0 Å². The van der Waals surface area contributed by atoms with Gasteiger partial charge in [-0.1, -0.05) is 6.07 Å². The zero-order valence-electron chi connectivity index (χ0n) is 14.3. The first-order chi connectivity index (χ1) is 12.2. The van der Waals surface area contributed by atoms with Crippen LogP contribution in [0, 0.1) is 0 Å². The van der Waals surface area contributed by atoms with Gasteiger partial charge in [-0.3, -0.25) is 4.79 Å². The Hall–Kier alpha value is -2.83. The van der Waals surface area contributed by atoms with E-state index in [1.807, 2.05) is 0 Å². The lowest BCUT2D eigenvalue weighted by Crippen LogP contribution is -2.44. The number of likely N-dealkylation sites (tertiary alicyclic amines) is 1. The average molecular weight is 343 g/mol. The summed E-state index contributed by atoms with van der Waals surface area (Å²) in [5.74, 6) is 0.887. The third-order valence-corrected chi connectivity index (χ3v) is 4.11. The maximum absolute atomic E-state index is 12.9. The predicted octanol–water partition coefficient (Wildman–Crippen LogP) is 2.18. The number of hydrogen-bond donors (Lipinski definition) is 0. The molecule has 1 aromatic carbocycles. The van der Waals surface area contributed by atoms with Crippen LogP contribution in [-0.2, 0) is 0 Å². The van der Waals surface area contributed by atoms with Crippen molar-refractivity contribution in [1.29, 1.82) is 0 Å². The molecule has 2 heterocycles. The summed E-state index contributed by atoms with van der Waals surface area (Å²) in [6, 6.07) is 7.36. The summed E-state index contributed by atoms with van der Waals surface area (Å²) in [7, 11) is 3.08. The molecule has 1 amide bonds. The van der Waals surface area contributed by atoms with Crippen LogP contribution in [0.2, 0.25) is 0 Å². The second-order valence-electron chi connectivity index (χ2n) is 5.71. The number of carbonyl (C=O) groups excluding carboxylic acids is 1. The van der Waals surface area contributed by atoms with Gasteiger partial charge in [-0.2, -0.15) is 0 Å². The second kappa shape index (κ2) is 7.83. The van der Waals surface area contributed by atoms with E-state index in [2.05, 4.69) is 9.97 Å². The fourth-order valence-corrected chi connectivity index (χ4v) is 2.94. The number of carbonyl (C=O) groups is 1. The maximum Gasteiger partial charge on any atom is 0.316 e. The molecule has 1 aliphatic rings. The van der Waals surface area contributed by atoms with Crippen LogP contribution in [0.25, 0.3) is 0 Å². The molecule has 0 radical (unpaired) electrons. The summed E-state index contributed by atoms with van der Waals surface area (Å²) in [4.78, 5) is 22.9. The van der Waals surface area contributed by atoms with Crippen LogP contribution in [0.3, 0.4) is 0 Å². The Kier molecular flexibility index (Phi) is 5.33. The highest BCUT2D eigenvalue weighted by molar-refractivity contribution is 5.97. The Morgan fingerprint density at radius 2 is 1.96 bits per heavy atom. The number of benzene rings is 1. The van der Waals surface area contributed by atoms with Crippen LogP contribution in [0.4, 0.5) is 0 Å². The van der Waals surface area contributed by atoms with Crippen molar-refractivity contribution in [2.75, 3.05) is 27.3 Å². The molecule has 1 fully saturated rings. The van der Waals surface area contributed by atoms with Crippen LogP contribution >= 0.6 is 0 Å². The van der Waals surface area contributed by atoms with Crippen molar-refractivity contribution in [2.24, 2.45) is 0 Å². The van der Waals surface area contributed by atoms with Crippen LogP contribution in [0.1, 0.15) is 23.2 Å². The third-order valence-electron chi connectivity index (χ3n) is 4.11. The Morgan fingerprint density at radius 3 is 2.68 bits per heavy atom. The molecule has 7 nitrogen and oxygen atoms in total. The number of methoxy groups -OCH3 is 2. The molecule has 1 saturated heterocycles. The minimum Gasteiger partial charge on any atom is -0.493 e. The van der Waals surface area contributed by atoms with Crippen LogP contribution in [0.15, 0.2) is 36.7 Å². The van der Waals surface area contributed by atoms with E-state index in [0.717, 1.165) is 12.8 Å². The maximum atomic E-state index is 12.9. The van der Waals surface area contributed by atoms with E-state index in [4.69, 9.17) is 14.2 Å². The number of aromatic nitrogens is 2. The second-order valence-corrected chi connectivity index (χ2v) is 5.71. The minimum atomic E-state index is -0.128. The lowest BCUT2D eigenvalue weighted by Gasteiger charge is -2.32. The first-order valence-corrected chi connectivity index (χ1v) is 8.17. The highest BCUT2D eigenvalue weighted by Crippen LogP contribution is 2.32. The molecular formula is C18H21N3O4. The summed E-state index contributed by atoms with van der Waals surface area (Å²) in [6.45, 7) is 1.16.